The molecule has 0 aromatic rings. The van der Waals surface area contributed by atoms with E-state index < -0.39 is 0 Å². The molecule has 0 heterocycles. The molecule has 5 aliphatic carbocycles. The SMILES string of the molecule is CC1(C)CC1.CC1(C)CCCC1.CC1CC1C.CC1CCC(C)C1.CC1CCCC1C. The summed E-state index contributed by atoms with van der Waals surface area (Å²) in [7, 11) is 0. The molecule has 0 saturated heterocycles. The van der Waals surface area contributed by atoms with Gasteiger partial charge in [-0.2, -0.15) is 0 Å². The van der Waals surface area contributed by atoms with E-state index in [0.717, 1.165) is 40.9 Å². The molecule has 0 amide bonds. The summed E-state index contributed by atoms with van der Waals surface area (Å²) < 4.78 is 0. The van der Waals surface area contributed by atoms with E-state index in [1.54, 1.807) is 0 Å². The van der Waals surface area contributed by atoms with Crippen molar-refractivity contribution in [3.8, 4) is 0 Å². The summed E-state index contributed by atoms with van der Waals surface area (Å²) in [5.41, 5.74) is 1.44. The number of hydrogen-bond donors (Lipinski definition) is 0. The summed E-state index contributed by atoms with van der Waals surface area (Å²) in [5.74, 6) is 6.18. The van der Waals surface area contributed by atoms with Crippen LogP contribution in [0.25, 0.3) is 0 Å². The fraction of sp³-hybridized carbons (Fsp3) is 1.00. The average molecular weight is 435 g/mol. The predicted molar refractivity (Wildman–Crippen MR) is 143 cm³/mol. The molecule has 5 rings (SSSR count). The van der Waals surface area contributed by atoms with Crippen LogP contribution in [0, 0.1) is 46.3 Å². The van der Waals surface area contributed by atoms with Crippen molar-refractivity contribution in [3.05, 3.63) is 0 Å². The Hall–Kier alpha value is 0. The Bertz CT molecular complexity index is 423. The van der Waals surface area contributed by atoms with Gasteiger partial charge in [0, 0.05) is 0 Å². The molecule has 0 radical (unpaired) electrons. The Kier molecular flexibility index (Phi) is 12.8. The van der Waals surface area contributed by atoms with E-state index in [4.69, 9.17) is 0 Å². The third kappa shape index (κ3) is 15.5. The Morgan fingerprint density at radius 2 is 0.742 bits per heavy atom. The molecular formula is C31H62. The highest BCUT2D eigenvalue weighted by Gasteiger charge is 2.30. The highest BCUT2D eigenvalue weighted by Crippen LogP contribution is 2.43. The van der Waals surface area contributed by atoms with Gasteiger partial charge in [-0.1, -0.05) is 114 Å². The highest BCUT2D eigenvalue weighted by atomic mass is 14.4. The van der Waals surface area contributed by atoms with Gasteiger partial charge in [0.05, 0.1) is 0 Å². The maximum Gasteiger partial charge on any atom is -0.0354 e. The van der Waals surface area contributed by atoms with E-state index in [0.29, 0.717) is 5.41 Å². The van der Waals surface area contributed by atoms with Crippen LogP contribution in [-0.4, -0.2) is 0 Å². The van der Waals surface area contributed by atoms with E-state index in [9.17, 15) is 0 Å². The quantitative estimate of drug-likeness (QED) is 0.355. The maximum absolute atomic E-state index is 2.36. The molecule has 5 aliphatic rings. The van der Waals surface area contributed by atoms with E-state index in [-0.39, 0.29) is 0 Å². The average Bonchev–Trinajstić information content (AvgIpc) is 3.29. The van der Waals surface area contributed by atoms with Crippen molar-refractivity contribution >= 4 is 0 Å². The van der Waals surface area contributed by atoms with E-state index in [1.165, 1.54) is 83.5 Å². The standard InChI is InChI=1S/3C7H14.2C5H10/c1-6-3-4-7(2)5-6;1-7(2)5-3-4-6-7;1-6-4-3-5-7(6)2;1-5(2)3-4-5;1-4-3-5(4)2/h6-7H,3-5H2,1-2H3;3-6H2,1-2H3;6-7H,3-5H2,1-2H3;3-4H2,1-2H3;4-5H,3H2,1-2H3. The zero-order chi connectivity index (χ0) is 23.7. The second kappa shape index (κ2) is 13.6. The van der Waals surface area contributed by atoms with E-state index >= 15 is 0 Å². The van der Waals surface area contributed by atoms with Crippen LogP contribution in [0.3, 0.4) is 0 Å². The van der Waals surface area contributed by atoms with Gasteiger partial charge in [0.25, 0.3) is 0 Å². The minimum absolute atomic E-state index is 0.694. The predicted octanol–water partition coefficient (Wildman–Crippen LogP) is 10.9. The van der Waals surface area contributed by atoms with Crippen molar-refractivity contribution < 1.29 is 0 Å². The van der Waals surface area contributed by atoms with Gasteiger partial charge >= 0.3 is 0 Å². The number of rotatable bonds is 0. The summed E-state index contributed by atoms with van der Waals surface area (Å²) in [5, 5.41) is 0. The molecule has 0 aliphatic heterocycles. The molecule has 0 nitrogen and oxygen atoms in total. The Labute approximate surface area is 199 Å². The monoisotopic (exact) mass is 434 g/mol. The summed E-state index contributed by atoms with van der Waals surface area (Å²) in [6.07, 6.45) is 19.0. The first-order valence-electron chi connectivity index (χ1n) is 14.3. The normalized spacial score (nSPS) is 38.1. The van der Waals surface area contributed by atoms with Crippen LogP contribution >= 0.6 is 0 Å². The van der Waals surface area contributed by atoms with Gasteiger partial charge in [-0.15, -0.1) is 0 Å². The molecule has 5 fully saturated rings. The zero-order valence-electron chi connectivity index (χ0n) is 23.7. The third-order valence-corrected chi connectivity index (χ3v) is 8.97. The van der Waals surface area contributed by atoms with Gasteiger partial charge in [-0.05, 0) is 84.9 Å². The van der Waals surface area contributed by atoms with Crippen molar-refractivity contribution in [2.45, 2.75) is 153 Å². The third-order valence-electron chi connectivity index (χ3n) is 8.97. The van der Waals surface area contributed by atoms with Crippen LogP contribution in [0.5, 0.6) is 0 Å². The van der Waals surface area contributed by atoms with Gasteiger partial charge in [-0.25, -0.2) is 0 Å². The lowest BCUT2D eigenvalue weighted by Gasteiger charge is -2.13. The number of hydrogen-bond acceptors (Lipinski definition) is 0. The minimum Gasteiger partial charge on any atom is -0.0625 e. The molecule has 0 aromatic heterocycles. The summed E-state index contributed by atoms with van der Waals surface area (Å²) in [6, 6.07) is 0. The van der Waals surface area contributed by atoms with Crippen LogP contribution in [0.1, 0.15) is 153 Å². The highest BCUT2D eigenvalue weighted by molar-refractivity contribution is 4.82. The summed E-state index contributed by atoms with van der Waals surface area (Å²) >= 11 is 0. The topological polar surface area (TPSA) is 0 Å². The molecule has 0 bridgehead atoms. The molecule has 186 valence electrons. The molecular weight excluding hydrogens is 372 g/mol. The van der Waals surface area contributed by atoms with Crippen molar-refractivity contribution in [1.82, 2.24) is 0 Å². The smallest absolute Gasteiger partial charge is 0.0354 e. The molecule has 31 heavy (non-hydrogen) atoms. The van der Waals surface area contributed by atoms with Crippen LogP contribution in [-0.2, 0) is 0 Å². The van der Waals surface area contributed by atoms with Crippen molar-refractivity contribution in [3.63, 3.8) is 0 Å². The van der Waals surface area contributed by atoms with Crippen molar-refractivity contribution in [2.75, 3.05) is 0 Å². The first-order valence-corrected chi connectivity index (χ1v) is 14.3. The van der Waals surface area contributed by atoms with Crippen molar-refractivity contribution in [2.24, 2.45) is 46.3 Å². The molecule has 0 heteroatoms. The van der Waals surface area contributed by atoms with Gasteiger partial charge in [0.15, 0.2) is 0 Å². The summed E-state index contributed by atoms with van der Waals surface area (Å²) in [4.78, 5) is 0. The molecule has 6 unspecified atom stereocenters. The van der Waals surface area contributed by atoms with Crippen LogP contribution in [0.4, 0.5) is 0 Å². The van der Waals surface area contributed by atoms with E-state index in [1.807, 2.05) is 0 Å². The van der Waals surface area contributed by atoms with Gasteiger partial charge < -0.3 is 0 Å². The summed E-state index contributed by atoms with van der Waals surface area (Å²) in [6.45, 7) is 23.3. The maximum atomic E-state index is 2.36. The molecule has 0 N–H and O–H groups in total. The lowest BCUT2D eigenvalue weighted by atomic mass is 9.92. The fourth-order valence-electron chi connectivity index (χ4n) is 4.91. The first kappa shape index (κ1) is 29.0. The lowest BCUT2D eigenvalue weighted by molar-refractivity contribution is 0.382. The van der Waals surface area contributed by atoms with Crippen molar-refractivity contribution in [1.29, 1.82) is 0 Å². The van der Waals surface area contributed by atoms with Crippen LogP contribution in [0.15, 0.2) is 0 Å². The first-order chi connectivity index (χ1) is 14.3. The molecule has 0 aromatic carbocycles. The zero-order valence-corrected chi connectivity index (χ0v) is 23.7. The lowest BCUT2D eigenvalue weighted by Crippen LogP contribution is -2.01. The molecule has 5 saturated carbocycles. The van der Waals surface area contributed by atoms with Gasteiger partial charge in [0.2, 0.25) is 0 Å². The second-order valence-corrected chi connectivity index (χ2v) is 14.1. The Morgan fingerprint density at radius 3 is 0.839 bits per heavy atom. The fourth-order valence-corrected chi connectivity index (χ4v) is 4.91. The largest absolute Gasteiger partial charge is 0.0625 e. The van der Waals surface area contributed by atoms with Gasteiger partial charge in [0.1, 0.15) is 0 Å². The van der Waals surface area contributed by atoms with E-state index in [2.05, 4.69) is 69.2 Å². The van der Waals surface area contributed by atoms with Crippen LogP contribution in [0.2, 0.25) is 0 Å². The second-order valence-electron chi connectivity index (χ2n) is 14.1. The van der Waals surface area contributed by atoms with Gasteiger partial charge in [-0.3, -0.25) is 0 Å². The Morgan fingerprint density at radius 1 is 0.419 bits per heavy atom. The molecule has 0 spiro atoms. The minimum atomic E-state index is 0.694. The van der Waals surface area contributed by atoms with Crippen LogP contribution < -0.4 is 0 Å². The Balaban J connectivity index is 0.000000195. The molecule has 6 atom stereocenters.